The summed E-state index contributed by atoms with van der Waals surface area (Å²) in [6, 6.07) is 6.78. The van der Waals surface area contributed by atoms with Crippen molar-refractivity contribution in [3.05, 3.63) is 35.6 Å². The molecule has 0 amide bonds. The van der Waals surface area contributed by atoms with Gasteiger partial charge in [-0.1, -0.05) is 25.5 Å². The fourth-order valence-corrected chi connectivity index (χ4v) is 1.50. The molecule has 1 nitrogen and oxygen atoms in total. The van der Waals surface area contributed by atoms with E-state index in [1.165, 1.54) is 30.5 Å². The zero-order valence-electron chi connectivity index (χ0n) is 9.43. The van der Waals surface area contributed by atoms with Crippen LogP contribution in [-0.4, -0.2) is 13.1 Å². The van der Waals surface area contributed by atoms with Gasteiger partial charge in [-0.3, -0.25) is 0 Å². The molecule has 1 aromatic rings. The summed E-state index contributed by atoms with van der Waals surface area (Å²) in [7, 11) is 0. The molecule has 1 aromatic carbocycles. The van der Waals surface area contributed by atoms with Crippen LogP contribution in [0.2, 0.25) is 0 Å². The molecule has 0 fully saturated rings. The molecule has 84 valence electrons. The Morgan fingerprint density at radius 2 is 1.73 bits per heavy atom. The topological polar surface area (TPSA) is 12.0 Å². The van der Waals surface area contributed by atoms with Gasteiger partial charge in [-0.25, -0.2) is 4.39 Å². The smallest absolute Gasteiger partial charge is 0.123 e. The van der Waals surface area contributed by atoms with Crippen molar-refractivity contribution in [3.63, 3.8) is 0 Å². The van der Waals surface area contributed by atoms with Crippen LogP contribution in [-0.2, 0) is 6.42 Å². The van der Waals surface area contributed by atoms with E-state index in [9.17, 15) is 4.39 Å². The lowest BCUT2D eigenvalue weighted by molar-refractivity contribution is 0.614. The van der Waals surface area contributed by atoms with Crippen molar-refractivity contribution in [3.8, 4) is 0 Å². The van der Waals surface area contributed by atoms with Crippen molar-refractivity contribution < 1.29 is 4.39 Å². The Morgan fingerprint density at radius 1 is 1.07 bits per heavy atom. The number of halogens is 1. The number of nitrogens with one attached hydrogen (secondary N) is 1. The summed E-state index contributed by atoms with van der Waals surface area (Å²) in [5.74, 6) is -0.153. The molecule has 0 saturated heterocycles. The van der Waals surface area contributed by atoms with Crippen molar-refractivity contribution in [2.75, 3.05) is 13.1 Å². The zero-order valence-corrected chi connectivity index (χ0v) is 9.43. The molecule has 0 aliphatic carbocycles. The Labute approximate surface area is 91.7 Å². The molecule has 1 rings (SSSR count). The predicted octanol–water partition coefficient (Wildman–Crippen LogP) is 3.15. The first-order valence-corrected chi connectivity index (χ1v) is 5.78. The molecule has 0 heterocycles. The van der Waals surface area contributed by atoms with Gasteiger partial charge in [0.05, 0.1) is 0 Å². The van der Waals surface area contributed by atoms with E-state index >= 15 is 0 Å². The van der Waals surface area contributed by atoms with Crippen LogP contribution in [0.5, 0.6) is 0 Å². The zero-order chi connectivity index (χ0) is 10.9. The maximum Gasteiger partial charge on any atom is 0.123 e. The molecule has 1 N–H and O–H groups in total. The molecule has 0 atom stereocenters. The minimum atomic E-state index is -0.153. The Hall–Kier alpha value is -0.890. The van der Waals surface area contributed by atoms with Crippen LogP contribution >= 0.6 is 0 Å². The van der Waals surface area contributed by atoms with Crippen molar-refractivity contribution in [1.82, 2.24) is 5.32 Å². The summed E-state index contributed by atoms with van der Waals surface area (Å²) in [4.78, 5) is 0. The first-order valence-electron chi connectivity index (χ1n) is 5.78. The summed E-state index contributed by atoms with van der Waals surface area (Å²) >= 11 is 0. The van der Waals surface area contributed by atoms with Gasteiger partial charge in [0.15, 0.2) is 0 Å². The second-order valence-corrected chi connectivity index (χ2v) is 3.83. The quantitative estimate of drug-likeness (QED) is 0.680. The van der Waals surface area contributed by atoms with Crippen LogP contribution in [0.25, 0.3) is 0 Å². The summed E-state index contributed by atoms with van der Waals surface area (Å²) in [6.45, 7) is 4.36. The summed E-state index contributed by atoms with van der Waals surface area (Å²) < 4.78 is 12.6. The van der Waals surface area contributed by atoms with Gasteiger partial charge in [0.2, 0.25) is 0 Å². The van der Waals surface area contributed by atoms with E-state index in [-0.39, 0.29) is 5.82 Å². The third-order valence-corrected chi connectivity index (χ3v) is 2.44. The van der Waals surface area contributed by atoms with Crippen molar-refractivity contribution in [2.24, 2.45) is 0 Å². The average Bonchev–Trinajstić information content (AvgIpc) is 2.26. The second-order valence-electron chi connectivity index (χ2n) is 3.83. The molecule has 0 spiro atoms. The van der Waals surface area contributed by atoms with Gasteiger partial charge < -0.3 is 5.32 Å². The van der Waals surface area contributed by atoms with Crippen molar-refractivity contribution >= 4 is 0 Å². The average molecular weight is 209 g/mol. The van der Waals surface area contributed by atoms with Gasteiger partial charge in [0.25, 0.3) is 0 Å². The number of hydrogen-bond donors (Lipinski definition) is 1. The maximum atomic E-state index is 12.6. The molecule has 0 bridgehead atoms. The Bertz CT molecular complexity index is 256. The number of benzene rings is 1. The van der Waals surface area contributed by atoms with Gasteiger partial charge in [-0.05, 0) is 50.0 Å². The van der Waals surface area contributed by atoms with Crippen LogP contribution in [0.4, 0.5) is 4.39 Å². The maximum absolute atomic E-state index is 12.6. The van der Waals surface area contributed by atoms with Crippen LogP contribution in [0.1, 0.15) is 31.7 Å². The first-order chi connectivity index (χ1) is 7.33. The van der Waals surface area contributed by atoms with Gasteiger partial charge in [0.1, 0.15) is 5.82 Å². The molecule has 0 aromatic heterocycles. The molecule has 2 heteroatoms. The summed E-state index contributed by atoms with van der Waals surface area (Å²) in [5.41, 5.74) is 1.22. The third kappa shape index (κ3) is 5.53. The highest BCUT2D eigenvalue weighted by Gasteiger charge is 1.94. The minimum absolute atomic E-state index is 0.153. The highest BCUT2D eigenvalue weighted by atomic mass is 19.1. The standard InChI is InChI=1S/C13H20FN/c1-2-3-10-15-11-4-5-12-6-8-13(14)9-7-12/h6-9,15H,2-5,10-11H2,1H3. The highest BCUT2D eigenvalue weighted by molar-refractivity contribution is 5.15. The number of rotatable bonds is 7. The fraction of sp³-hybridized carbons (Fsp3) is 0.538. The molecule has 15 heavy (non-hydrogen) atoms. The normalized spacial score (nSPS) is 10.5. The van der Waals surface area contributed by atoms with Crippen molar-refractivity contribution in [1.29, 1.82) is 0 Å². The second kappa shape index (κ2) is 7.41. The van der Waals surface area contributed by atoms with Gasteiger partial charge in [0, 0.05) is 0 Å². The number of unbranched alkanes of at least 4 members (excludes halogenated alkanes) is 1. The lowest BCUT2D eigenvalue weighted by Crippen LogP contribution is -2.16. The number of hydrogen-bond acceptors (Lipinski definition) is 1. The van der Waals surface area contributed by atoms with Crippen LogP contribution in [0.15, 0.2) is 24.3 Å². The van der Waals surface area contributed by atoms with E-state index in [0.29, 0.717) is 0 Å². The lowest BCUT2D eigenvalue weighted by atomic mass is 10.1. The van der Waals surface area contributed by atoms with Crippen LogP contribution in [0, 0.1) is 5.82 Å². The number of aryl methyl sites for hydroxylation is 1. The lowest BCUT2D eigenvalue weighted by Gasteiger charge is -2.03. The van der Waals surface area contributed by atoms with Crippen LogP contribution in [0.3, 0.4) is 0 Å². The first kappa shape index (κ1) is 12.2. The third-order valence-electron chi connectivity index (χ3n) is 2.44. The summed E-state index contributed by atoms with van der Waals surface area (Å²) in [5, 5.41) is 3.39. The van der Waals surface area contributed by atoms with E-state index < -0.39 is 0 Å². The molecule has 0 unspecified atom stereocenters. The molecular formula is C13H20FN. The van der Waals surface area contributed by atoms with E-state index in [0.717, 1.165) is 25.9 Å². The molecule has 0 aliphatic rings. The monoisotopic (exact) mass is 209 g/mol. The predicted molar refractivity (Wildman–Crippen MR) is 62.5 cm³/mol. The van der Waals surface area contributed by atoms with Gasteiger partial charge in [-0.2, -0.15) is 0 Å². The largest absolute Gasteiger partial charge is 0.317 e. The van der Waals surface area contributed by atoms with E-state index in [1.54, 1.807) is 0 Å². The highest BCUT2D eigenvalue weighted by Crippen LogP contribution is 2.04. The molecule has 0 saturated carbocycles. The van der Waals surface area contributed by atoms with Crippen molar-refractivity contribution in [2.45, 2.75) is 32.6 Å². The molecule has 0 aliphatic heterocycles. The fourth-order valence-electron chi connectivity index (χ4n) is 1.50. The summed E-state index contributed by atoms with van der Waals surface area (Å²) in [6.07, 6.45) is 4.64. The van der Waals surface area contributed by atoms with E-state index in [4.69, 9.17) is 0 Å². The van der Waals surface area contributed by atoms with Gasteiger partial charge in [-0.15, -0.1) is 0 Å². The Morgan fingerprint density at radius 3 is 2.40 bits per heavy atom. The van der Waals surface area contributed by atoms with Gasteiger partial charge >= 0.3 is 0 Å². The Kier molecular flexibility index (Phi) is 6.02. The SMILES string of the molecule is CCCCNCCCc1ccc(F)cc1. The minimum Gasteiger partial charge on any atom is -0.317 e. The Balaban J connectivity index is 2.07. The van der Waals surface area contributed by atoms with E-state index in [1.807, 2.05) is 12.1 Å². The van der Waals surface area contributed by atoms with Crippen LogP contribution < -0.4 is 5.32 Å². The molecular weight excluding hydrogens is 189 g/mol. The molecule has 0 radical (unpaired) electrons. The van der Waals surface area contributed by atoms with E-state index in [2.05, 4.69) is 12.2 Å².